The van der Waals surface area contributed by atoms with E-state index >= 15 is 0 Å². The van der Waals surface area contributed by atoms with Crippen LogP contribution < -0.4 is 10.1 Å². The zero-order valence-corrected chi connectivity index (χ0v) is 22.2. The first kappa shape index (κ1) is 27.5. The van der Waals surface area contributed by atoms with Gasteiger partial charge in [0.15, 0.2) is 0 Å². The van der Waals surface area contributed by atoms with Crippen LogP contribution in [0.1, 0.15) is 37.4 Å². The highest BCUT2D eigenvalue weighted by atomic mass is 19.1. The molecule has 1 fully saturated rings. The Bertz CT molecular complexity index is 1150. The third kappa shape index (κ3) is 6.68. The number of rotatable bonds is 9. The molecule has 0 unspecified atom stereocenters. The van der Waals surface area contributed by atoms with Gasteiger partial charge in [-0.2, -0.15) is 5.10 Å². The van der Waals surface area contributed by atoms with Crippen molar-refractivity contribution in [2.45, 2.75) is 32.4 Å². The van der Waals surface area contributed by atoms with E-state index in [0.29, 0.717) is 49.7 Å². The fourth-order valence-corrected chi connectivity index (χ4v) is 4.70. The second-order valence-electron chi connectivity index (χ2n) is 9.71. The average Bonchev–Trinajstić information content (AvgIpc) is 3.36. The van der Waals surface area contributed by atoms with Gasteiger partial charge in [-0.05, 0) is 26.0 Å². The van der Waals surface area contributed by atoms with Gasteiger partial charge in [0.25, 0.3) is 5.91 Å². The van der Waals surface area contributed by atoms with Crippen LogP contribution in [0.2, 0.25) is 0 Å². The van der Waals surface area contributed by atoms with Crippen molar-refractivity contribution in [1.82, 2.24) is 20.1 Å². The molecule has 1 saturated heterocycles. The van der Waals surface area contributed by atoms with E-state index < -0.39 is 11.9 Å². The Morgan fingerprint density at radius 3 is 2.58 bits per heavy atom. The molecular formula is C28H36FN5O4. The molecule has 38 heavy (non-hydrogen) atoms. The molecule has 2 heterocycles. The number of amides is 3. The summed E-state index contributed by atoms with van der Waals surface area (Å²) in [6, 6.07) is 12.9. The molecule has 1 N–H and O–H groups in total. The minimum Gasteiger partial charge on any atom is -0.496 e. The fraction of sp³-hybridized carbons (Fsp3) is 0.464. The number of hydrogen-bond donors (Lipinski definition) is 1. The van der Waals surface area contributed by atoms with Crippen molar-refractivity contribution < 1.29 is 23.5 Å². The average molecular weight is 526 g/mol. The molecule has 4 rings (SSSR count). The van der Waals surface area contributed by atoms with Gasteiger partial charge in [0.1, 0.15) is 18.1 Å². The summed E-state index contributed by atoms with van der Waals surface area (Å²) in [6.07, 6.45) is 0.318. The molecule has 2 aliphatic heterocycles. The van der Waals surface area contributed by atoms with Gasteiger partial charge in [-0.3, -0.25) is 9.69 Å². The summed E-state index contributed by atoms with van der Waals surface area (Å²) in [7, 11) is 1.57. The van der Waals surface area contributed by atoms with Crippen molar-refractivity contribution in [1.29, 1.82) is 0 Å². The van der Waals surface area contributed by atoms with Gasteiger partial charge in [-0.25, -0.2) is 14.2 Å². The lowest BCUT2D eigenvalue weighted by Crippen LogP contribution is -2.50. The Balaban J connectivity index is 1.60. The molecule has 2 aromatic rings. The van der Waals surface area contributed by atoms with E-state index in [4.69, 9.17) is 9.47 Å². The number of carbonyl (C=O) groups is 2. The molecule has 3 amide bonds. The van der Waals surface area contributed by atoms with Crippen LogP contribution in [0.5, 0.6) is 5.75 Å². The van der Waals surface area contributed by atoms with Gasteiger partial charge < -0.3 is 19.7 Å². The summed E-state index contributed by atoms with van der Waals surface area (Å²) >= 11 is 0. The lowest BCUT2D eigenvalue weighted by Gasteiger charge is -2.31. The van der Waals surface area contributed by atoms with E-state index in [9.17, 15) is 14.0 Å². The van der Waals surface area contributed by atoms with Crippen LogP contribution in [-0.2, 0) is 9.53 Å². The number of methoxy groups -OCH3 is 1. The molecule has 0 saturated carbocycles. The fourth-order valence-electron chi connectivity index (χ4n) is 4.70. The van der Waals surface area contributed by atoms with Crippen molar-refractivity contribution in [3.63, 3.8) is 0 Å². The standard InChI is InChI=1S/C28H36FN5O4/c1-20(2)30-28(36)33(13-12-32-14-16-38-17-15-32)19-27(35)34-25(22-9-5-7-11-26(22)37-3)18-24(31-34)21-8-4-6-10-23(21)29/h4-11,20,25H,12-19H2,1-3H3,(H,30,36)/t25-/m1/s1. The molecule has 9 nitrogen and oxygen atoms in total. The smallest absolute Gasteiger partial charge is 0.318 e. The Labute approximate surface area is 223 Å². The maximum atomic E-state index is 14.7. The Morgan fingerprint density at radius 2 is 1.87 bits per heavy atom. The number of hydrogen-bond acceptors (Lipinski definition) is 6. The van der Waals surface area contributed by atoms with Crippen molar-refractivity contribution in [2.75, 3.05) is 53.0 Å². The number of benzene rings is 2. The minimum atomic E-state index is -0.498. The normalized spacial score (nSPS) is 17.9. The monoisotopic (exact) mass is 525 g/mol. The second-order valence-corrected chi connectivity index (χ2v) is 9.71. The third-order valence-corrected chi connectivity index (χ3v) is 6.66. The quantitative estimate of drug-likeness (QED) is 0.543. The first-order valence-electron chi connectivity index (χ1n) is 13.0. The van der Waals surface area contributed by atoms with Gasteiger partial charge in [0.2, 0.25) is 0 Å². The van der Waals surface area contributed by atoms with Gasteiger partial charge in [-0.1, -0.05) is 36.4 Å². The molecule has 204 valence electrons. The van der Waals surface area contributed by atoms with Crippen molar-refractivity contribution in [3.05, 3.63) is 65.5 Å². The van der Waals surface area contributed by atoms with Crippen LogP contribution in [0.15, 0.2) is 53.6 Å². The van der Waals surface area contributed by atoms with Crippen molar-refractivity contribution in [3.8, 4) is 5.75 Å². The zero-order valence-electron chi connectivity index (χ0n) is 22.2. The number of urea groups is 1. The number of halogens is 1. The van der Waals surface area contributed by atoms with E-state index in [-0.39, 0.29) is 24.5 Å². The molecule has 0 bridgehead atoms. The Kier molecular flexibility index (Phi) is 9.30. The molecule has 2 aliphatic rings. The lowest BCUT2D eigenvalue weighted by molar-refractivity contribution is -0.133. The Morgan fingerprint density at radius 1 is 1.16 bits per heavy atom. The highest BCUT2D eigenvalue weighted by Gasteiger charge is 2.36. The van der Waals surface area contributed by atoms with E-state index in [2.05, 4.69) is 15.3 Å². The minimum absolute atomic E-state index is 0.0812. The first-order valence-corrected chi connectivity index (χ1v) is 13.0. The van der Waals surface area contributed by atoms with Crippen LogP contribution in [0, 0.1) is 5.82 Å². The molecule has 0 radical (unpaired) electrons. The highest BCUT2D eigenvalue weighted by molar-refractivity contribution is 6.03. The predicted octanol–water partition coefficient (Wildman–Crippen LogP) is 3.26. The van der Waals surface area contributed by atoms with Crippen molar-refractivity contribution in [2.24, 2.45) is 5.10 Å². The van der Waals surface area contributed by atoms with Gasteiger partial charge in [0.05, 0.1) is 32.1 Å². The topological polar surface area (TPSA) is 86.7 Å². The van der Waals surface area contributed by atoms with Gasteiger partial charge >= 0.3 is 6.03 Å². The van der Waals surface area contributed by atoms with Gasteiger partial charge in [-0.15, -0.1) is 0 Å². The maximum Gasteiger partial charge on any atom is 0.318 e. The van der Waals surface area contributed by atoms with Crippen molar-refractivity contribution >= 4 is 17.6 Å². The number of carbonyl (C=O) groups excluding carboxylic acids is 2. The molecule has 0 spiro atoms. The number of nitrogens with one attached hydrogen (secondary N) is 1. The Hall–Kier alpha value is -3.50. The second kappa shape index (κ2) is 12.8. The van der Waals surface area contributed by atoms with E-state index in [0.717, 1.165) is 18.7 Å². The van der Waals surface area contributed by atoms with Crippen LogP contribution in [0.4, 0.5) is 9.18 Å². The number of nitrogens with zero attached hydrogens (tertiary/aromatic N) is 4. The summed E-state index contributed by atoms with van der Waals surface area (Å²) in [4.78, 5) is 30.6. The summed E-state index contributed by atoms with van der Waals surface area (Å²) in [5.74, 6) is -0.141. The SMILES string of the molecule is COc1ccccc1[C@H]1CC(c2ccccc2F)=NN1C(=O)CN(CCN1CCOCC1)C(=O)NC(C)C. The maximum absolute atomic E-state index is 14.7. The summed E-state index contributed by atoms with van der Waals surface area (Å²) in [5.41, 5.74) is 1.59. The molecule has 10 heteroatoms. The first-order chi connectivity index (χ1) is 18.4. The third-order valence-electron chi connectivity index (χ3n) is 6.66. The molecule has 0 aliphatic carbocycles. The van der Waals surface area contributed by atoms with Gasteiger partial charge in [0, 0.05) is 49.8 Å². The van der Waals surface area contributed by atoms with Crippen LogP contribution >= 0.6 is 0 Å². The van der Waals surface area contributed by atoms with Crippen LogP contribution in [0.3, 0.4) is 0 Å². The van der Waals surface area contributed by atoms with E-state index in [1.54, 1.807) is 25.3 Å². The number of ether oxygens (including phenoxy) is 2. The van der Waals surface area contributed by atoms with Crippen LogP contribution in [-0.4, -0.2) is 91.5 Å². The summed E-state index contributed by atoms with van der Waals surface area (Å²) in [6.45, 7) is 7.47. The molecule has 1 atom stereocenters. The lowest BCUT2D eigenvalue weighted by atomic mass is 9.97. The molecule has 0 aromatic heterocycles. The van der Waals surface area contributed by atoms with Crippen LogP contribution in [0.25, 0.3) is 0 Å². The highest BCUT2D eigenvalue weighted by Crippen LogP contribution is 2.37. The number of para-hydroxylation sites is 1. The van der Waals surface area contributed by atoms with E-state index in [1.807, 2.05) is 38.1 Å². The number of hydrazone groups is 1. The largest absolute Gasteiger partial charge is 0.496 e. The summed E-state index contributed by atoms with van der Waals surface area (Å²) in [5, 5.41) is 8.87. The molecule has 2 aromatic carbocycles. The molecular weight excluding hydrogens is 489 g/mol. The van der Waals surface area contributed by atoms with E-state index in [1.165, 1.54) is 16.0 Å². The predicted molar refractivity (Wildman–Crippen MR) is 143 cm³/mol. The summed E-state index contributed by atoms with van der Waals surface area (Å²) < 4.78 is 25.7. The number of morpholine rings is 1. The zero-order chi connectivity index (χ0) is 27.1.